The third-order valence-electron chi connectivity index (χ3n) is 3.54. The summed E-state index contributed by atoms with van der Waals surface area (Å²) in [6.45, 7) is 0.732. The maximum Gasteiger partial charge on any atom is 0.0679 e. The van der Waals surface area contributed by atoms with Crippen LogP contribution in [0.3, 0.4) is 0 Å². The van der Waals surface area contributed by atoms with Crippen LogP contribution in [-0.2, 0) is 6.42 Å². The van der Waals surface area contributed by atoms with Crippen LogP contribution in [0.4, 0.5) is 0 Å². The molecule has 0 saturated carbocycles. The fourth-order valence-electron chi connectivity index (χ4n) is 2.69. The zero-order valence-corrected chi connectivity index (χ0v) is 9.76. The van der Waals surface area contributed by atoms with Crippen LogP contribution in [0.15, 0.2) is 42.5 Å². The van der Waals surface area contributed by atoms with Crippen LogP contribution in [0.2, 0.25) is 0 Å². The molecule has 0 radical (unpaired) electrons. The third kappa shape index (κ3) is 2.19. The van der Waals surface area contributed by atoms with Gasteiger partial charge in [0.25, 0.3) is 0 Å². The zero-order valence-electron chi connectivity index (χ0n) is 9.76. The largest absolute Gasteiger partial charge is 0.392 e. The molecule has 2 nitrogen and oxygen atoms in total. The number of aliphatic hydroxyl groups is 1. The van der Waals surface area contributed by atoms with E-state index in [1.165, 1.54) is 16.3 Å². The van der Waals surface area contributed by atoms with E-state index in [-0.39, 0.29) is 6.10 Å². The van der Waals surface area contributed by atoms with E-state index < -0.39 is 0 Å². The minimum atomic E-state index is -0.171. The molecular weight excluding hydrogens is 210 g/mol. The van der Waals surface area contributed by atoms with E-state index in [1.807, 2.05) is 0 Å². The van der Waals surface area contributed by atoms with Crippen LogP contribution in [0, 0.1) is 0 Å². The summed E-state index contributed by atoms with van der Waals surface area (Å²) in [5.74, 6) is 0. The Bertz CT molecular complexity index is 518. The second-order valence-electron chi connectivity index (χ2n) is 4.84. The normalized spacial score (nSPS) is 24.3. The molecule has 17 heavy (non-hydrogen) atoms. The van der Waals surface area contributed by atoms with Crippen molar-refractivity contribution in [1.29, 1.82) is 0 Å². The van der Waals surface area contributed by atoms with Gasteiger partial charge in [-0.05, 0) is 29.2 Å². The molecule has 2 atom stereocenters. The van der Waals surface area contributed by atoms with Crippen molar-refractivity contribution in [2.45, 2.75) is 25.0 Å². The lowest BCUT2D eigenvalue weighted by molar-refractivity contribution is 0.193. The Balaban J connectivity index is 1.90. The summed E-state index contributed by atoms with van der Waals surface area (Å²) < 4.78 is 0. The number of nitrogens with one attached hydrogen (secondary N) is 1. The second-order valence-corrected chi connectivity index (χ2v) is 4.84. The Morgan fingerprint density at radius 2 is 1.94 bits per heavy atom. The molecule has 0 spiro atoms. The maximum atomic E-state index is 9.53. The standard InChI is InChI=1S/C15H17NO/c17-14-9-13(16-10-14)8-12-6-3-5-11-4-1-2-7-15(11)12/h1-7,13-14,16-17H,8-10H2/t13-,14-/m1/s1. The highest BCUT2D eigenvalue weighted by atomic mass is 16.3. The van der Waals surface area contributed by atoms with Gasteiger partial charge in [-0.1, -0.05) is 42.5 Å². The Hall–Kier alpha value is -1.38. The van der Waals surface area contributed by atoms with Gasteiger partial charge in [0.05, 0.1) is 6.10 Å². The maximum absolute atomic E-state index is 9.53. The number of hydrogen-bond donors (Lipinski definition) is 2. The van der Waals surface area contributed by atoms with Crippen molar-refractivity contribution >= 4 is 10.8 Å². The summed E-state index contributed by atoms with van der Waals surface area (Å²) in [4.78, 5) is 0. The first-order chi connectivity index (χ1) is 8.33. The lowest BCUT2D eigenvalue weighted by Gasteiger charge is -2.12. The van der Waals surface area contributed by atoms with Gasteiger partial charge in [-0.15, -0.1) is 0 Å². The number of β-amino-alcohol motifs (C(OH)–C–C–N with tert-alkyl or cyclic N) is 1. The van der Waals surface area contributed by atoms with Gasteiger partial charge in [0, 0.05) is 12.6 Å². The molecule has 0 amide bonds. The lowest BCUT2D eigenvalue weighted by Crippen LogP contribution is -2.23. The van der Waals surface area contributed by atoms with Gasteiger partial charge in [0.2, 0.25) is 0 Å². The number of benzene rings is 2. The predicted octanol–water partition coefficient (Wildman–Crippen LogP) is 2.11. The van der Waals surface area contributed by atoms with Gasteiger partial charge in [-0.2, -0.15) is 0 Å². The van der Waals surface area contributed by atoms with Crippen molar-refractivity contribution in [2.24, 2.45) is 0 Å². The average molecular weight is 227 g/mol. The molecule has 2 aromatic carbocycles. The van der Waals surface area contributed by atoms with Crippen LogP contribution >= 0.6 is 0 Å². The summed E-state index contributed by atoms with van der Waals surface area (Å²) in [6, 6.07) is 15.3. The zero-order chi connectivity index (χ0) is 11.7. The highest BCUT2D eigenvalue weighted by Crippen LogP contribution is 2.21. The molecule has 1 heterocycles. The van der Waals surface area contributed by atoms with Gasteiger partial charge >= 0.3 is 0 Å². The van der Waals surface area contributed by atoms with E-state index in [0.717, 1.165) is 19.4 Å². The van der Waals surface area contributed by atoms with Crippen molar-refractivity contribution in [3.63, 3.8) is 0 Å². The van der Waals surface area contributed by atoms with Crippen LogP contribution in [0.5, 0.6) is 0 Å². The highest BCUT2D eigenvalue weighted by Gasteiger charge is 2.22. The Labute approximate surface area is 101 Å². The molecule has 2 aromatic rings. The number of aliphatic hydroxyl groups excluding tert-OH is 1. The Kier molecular flexibility index (Phi) is 2.83. The smallest absolute Gasteiger partial charge is 0.0679 e. The summed E-state index contributed by atoms with van der Waals surface area (Å²) in [5.41, 5.74) is 1.37. The molecule has 0 aliphatic carbocycles. The van der Waals surface area contributed by atoms with Crippen LogP contribution in [0.25, 0.3) is 10.8 Å². The van der Waals surface area contributed by atoms with Crippen molar-refractivity contribution in [3.05, 3.63) is 48.0 Å². The van der Waals surface area contributed by atoms with Gasteiger partial charge in [-0.25, -0.2) is 0 Å². The summed E-state index contributed by atoms with van der Waals surface area (Å²) in [5, 5.41) is 15.5. The van der Waals surface area contributed by atoms with E-state index >= 15 is 0 Å². The van der Waals surface area contributed by atoms with E-state index in [2.05, 4.69) is 47.8 Å². The van der Waals surface area contributed by atoms with Crippen molar-refractivity contribution < 1.29 is 5.11 Å². The SMILES string of the molecule is O[C@H]1CN[C@H](Cc2cccc3ccccc23)C1. The quantitative estimate of drug-likeness (QED) is 0.823. The molecule has 1 aliphatic rings. The Morgan fingerprint density at radius 1 is 1.12 bits per heavy atom. The summed E-state index contributed by atoms with van der Waals surface area (Å²) >= 11 is 0. The van der Waals surface area contributed by atoms with Gasteiger partial charge < -0.3 is 10.4 Å². The van der Waals surface area contributed by atoms with Crippen LogP contribution in [0.1, 0.15) is 12.0 Å². The monoisotopic (exact) mass is 227 g/mol. The van der Waals surface area contributed by atoms with E-state index in [0.29, 0.717) is 6.04 Å². The summed E-state index contributed by atoms with van der Waals surface area (Å²) in [7, 11) is 0. The summed E-state index contributed by atoms with van der Waals surface area (Å²) in [6.07, 6.45) is 1.69. The number of fused-ring (bicyclic) bond motifs is 1. The topological polar surface area (TPSA) is 32.3 Å². The first-order valence-electron chi connectivity index (χ1n) is 6.21. The molecule has 1 fully saturated rings. The molecule has 0 bridgehead atoms. The third-order valence-corrected chi connectivity index (χ3v) is 3.54. The average Bonchev–Trinajstić information content (AvgIpc) is 2.75. The molecule has 0 unspecified atom stereocenters. The first kappa shape index (κ1) is 10.8. The molecule has 3 rings (SSSR count). The van der Waals surface area contributed by atoms with Crippen LogP contribution < -0.4 is 5.32 Å². The van der Waals surface area contributed by atoms with Gasteiger partial charge in [0.1, 0.15) is 0 Å². The highest BCUT2D eigenvalue weighted by molar-refractivity contribution is 5.85. The molecule has 88 valence electrons. The van der Waals surface area contributed by atoms with Gasteiger partial charge in [0.15, 0.2) is 0 Å². The van der Waals surface area contributed by atoms with E-state index in [9.17, 15) is 5.11 Å². The first-order valence-corrected chi connectivity index (χ1v) is 6.21. The molecule has 0 aromatic heterocycles. The fourth-order valence-corrected chi connectivity index (χ4v) is 2.69. The van der Waals surface area contributed by atoms with Gasteiger partial charge in [-0.3, -0.25) is 0 Å². The molecule has 1 aliphatic heterocycles. The second kappa shape index (κ2) is 4.47. The van der Waals surface area contributed by atoms with Crippen molar-refractivity contribution in [2.75, 3.05) is 6.54 Å². The van der Waals surface area contributed by atoms with Crippen molar-refractivity contribution in [3.8, 4) is 0 Å². The van der Waals surface area contributed by atoms with E-state index in [4.69, 9.17) is 0 Å². The predicted molar refractivity (Wildman–Crippen MR) is 70.1 cm³/mol. The minimum Gasteiger partial charge on any atom is -0.392 e. The lowest BCUT2D eigenvalue weighted by atomic mass is 9.98. The minimum absolute atomic E-state index is 0.171. The number of rotatable bonds is 2. The molecule has 2 heteroatoms. The number of hydrogen-bond acceptors (Lipinski definition) is 2. The Morgan fingerprint density at radius 3 is 2.76 bits per heavy atom. The van der Waals surface area contributed by atoms with E-state index in [1.54, 1.807) is 0 Å². The fraction of sp³-hybridized carbons (Fsp3) is 0.333. The van der Waals surface area contributed by atoms with Crippen LogP contribution in [-0.4, -0.2) is 23.8 Å². The molecular formula is C15H17NO. The molecule has 2 N–H and O–H groups in total. The molecule has 1 saturated heterocycles. The van der Waals surface area contributed by atoms with Crippen molar-refractivity contribution in [1.82, 2.24) is 5.32 Å².